The van der Waals surface area contributed by atoms with E-state index in [4.69, 9.17) is 16.3 Å². The number of ether oxygens (including phenoxy) is 1. The van der Waals surface area contributed by atoms with Crippen LogP contribution in [0, 0.1) is 0 Å². The van der Waals surface area contributed by atoms with Crippen LogP contribution >= 0.6 is 11.6 Å². The van der Waals surface area contributed by atoms with Crippen molar-refractivity contribution < 1.29 is 17.9 Å². The number of rotatable bonds is 3. The fourth-order valence-electron chi connectivity index (χ4n) is 1.97. The number of sulfonamides is 1. The summed E-state index contributed by atoms with van der Waals surface area (Å²) in [7, 11) is -3.24. The zero-order valence-electron chi connectivity index (χ0n) is 10.9. The van der Waals surface area contributed by atoms with Crippen molar-refractivity contribution in [1.29, 1.82) is 0 Å². The number of carbonyl (C=O) groups is 1. The van der Waals surface area contributed by atoms with Crippen LogP contribution in [-0.4, -0.2) is 33.4 Å². The van der Waals surface area contributed by atoms with E-state index in [0.29, 0.717) is 24.3 Å². The number of hydrogen-bond donors (Lipinski definition) is 1. The molecule has 6 nitrogen and oxygen atoms in total. The molecule has 1 fully saturated rings. The Hall–Kier alpha value is -1.47. The zero-order valence-corrected chi connectivity index (χ0v) is 12.5. The van der Waals surface area contributed by atoms with Crippen LogP contribution in [0.3, 0.4) is 0 Å². The fourth-order valence-corrected chi connectivity index (χ4v) is 3.75. The van der Waals surface area contributed by atoms with Crippen LogP contribution in [0.25, 0.3) is 0 Å². The summed E-state index contributed by atoms with van der Waals surface area (Å²) in [6, 6.07) is 4.69. The smallest absolute Gasteiger partial charge is 0.411 e. The predicted molar refractivity (Wildman–Crippen MR) is 77.8 cm³/mol. The third-order valence-electron chi connectivity index (χ3n) is 2.85. The minimum atomic E-state index is -3.24. The van der Waals surface area contributed by atoms with Crippen molar-refractivity contribution in [3.8, 4) is 0 Å². The normalized spacial score (nSPS) is 17.0. The van der Waals surface area contributed by atoms with Gasteiger partial charge < -0.3 is 4.74 Å². The Kier molecular flexibility index (Phi) is 4.39. The van der Waals surface area contributed by atoms with Gasteiger partial charge in [0.15, 0.2) is 0 Å². The molecule has 1 saturated heterocycles. The molecule has 0 unspecified atom stereocenters. The average Bonchev–Trinajstić information content (AvgIpc) is 2.72. The summed E-state index contributed by atoms with van der Waals surface area (Å²) in [4.78, 5) is 11.3. The monoisotopic (exact) mass is 318 g/mol. The third kappa shape index (κ3) is 3.16. The van der Waals surface area contributed by atoms with Gasteiger partial charge >= 0.3 is 6.09 Å². The maximum Gasteiger partial charge on any atom is 0.411 e. The Morgan fingerprint density at radius 1 is 1.50 bits per heavy atom. The second-order valence-corrected chi connectivity index (χ2v) is 6.67. The van der Waals surface area contributed by atoms with Gasteiger partial charge in [0.05, 0.1) is 28.8 Å². The SMILES string of the molecule is CCOC(=O)Nc1ccc(N2CCCS2(=O)=O)cc1Cl. The Labute approximate surface area is 122 Å². The van der Waals surface area contributed by atoms with Crippen LogP contribution in [-0.2, 0) is 14.8 Å². The van der Waals surface area contributed by atoms with Crippen molar-refractivity contribution in [2.75, 3.05) is 28.5 Å². The molecule has 0 aliphatic carbocycles. The van der Waals surface area contributed by atoms with Crippen LogP contribution in [0.5, 0.6) is 0 Å². The van der Waals surface area contributed by atoms with Gasteiger partial charge in [-0.15, -0.1) is 0 Å². The van der Waals surface area contributed by atoms with Crippen LogP contribution < -0.4 is 9.62 Å². The molecule has 1 aliphatic rings. The second kappa shape index (κ2) is 5.88. The number of benzene rings is 1. The van der Waals surface area contributed by atoms with Gasteiger partial charge in [0, 0.05) is 6.54 Å². The molecule has 1 heterocycles. The summed E-state index contributed by atoms with van der Waals surface area (Å²) in [6.07, 6.45) is -0.000998. The highest BCUT2D eigenvalue weighted by atomic mass is 35.5. The summed E-state index contributed by atoms with van der Waals surface area (Å²) in [5.41, 5.74) is 0.882. The number of carbonyl (C=O) groups excluding carboxylic acids is 1. The Morgan fingerprint density at radius 3 is 2.80 bits per heavy atom. The maximum atomic E-state index is 11.8. The summed E-state index contributed by atoms with van der Waals surface area (Å²) in [6.45, 7) is 2.40. The van der Waals surface area contributed by atoms with E-state index in [0.717, 1.165) is 0 Å². The van der Waals surface area contributed by atoms with Crippen LogP contribution in [0.15, 0.2) is 18.2 Å². The van der Waals surface area contributed by atoms with Crippen molar-refractivity contribution in [2.24, 2.45) is 0 Å². The first-order chi connectivity index (χ1) is 9.44. The molecule has 20 heavy (non-hydrogen) atoms. The van der Waals surface area contributed by atoms with E-state index in [1.807, 2.05) is 0 Å². The molecular formula is C12H15ClN2O4S. The predicted octanol–water partition coefficient (Wildman–Crippen LogP) is 2.45. The largest absolute Gasteiger partial charge is 0.450 e. The fraction of sp³-hybridized carbons (Fsp3) is 0.417. The third-order valence-corrected chi connectivity index (χ3v) is 5.03. The molecule has 8 heteroatoms. The molecule has 0 radical (unpaired) electrons. The van der Waals surface area contributed by atoms with E-state index in [9.17, 15) is 13.2 Å². The molecule has 2 rings (SSSR count). The molecule has 1 N–H and O–H groups in total. The van der Waals surface area contributed by atoms with Crippen LogP contribution in [0.2, 0.25) is 5.02 Å². The van der Waals surface area contributed by atoms with E-state index < -0.39 is 16.1 Å². The second-order valence-electron chi connectivity index (χ2n) is 4.25. The molecule has 1 aromatic carbocycles. The number of amides is 1. The highest BCUT2D eigenvalue weighted by Crippen LogP contribution is 2.31. The van der Waals surface area contributed by atoms with Crippen molar-refractivity contribution >= 4 is 39.1 Å². The lowest BCUT2D eigenvalue weighted by Gasteiger charge is -2.18. The Morgan fingerprint density at radius 2 is 2.25 bits per heavy atom. The van der Waals surface area contributed by atoms with E-state index >= 15 is 0 Å². The van der Waals surface area contributed by atoms with Crippen molar-refractivity contribution in [3.05, 3.63) is 23.2 Å². The summed E-state index contributed by atoms with van der Waals surface area (Å²) >= 11 is 6.05. The first-order valence-corrected chi connectivity index (χ1v) is 8.16. The zero-order chi connectivity index (χ0) is 14.8. The minimum Gasteiger partial charge on any atom is -0.450 e. The molecule has 1 aromatic rings. The minimum absolute atomic E-state index is 0.146. The summed E-state index contributed by atoms with van der Waals surface area (Å²) in [5.74, 6) is 0.146. The maximum absolute atomic E-state index is 11.8. The van der Waals surface area contributed by atoms with Crippen molar-refractivity contribution in [2.45, 2.75) is 13.3 Å². The van der Waals surface area contributed by atoms with Gasteiger partial charge in [-0.05, 0) is 31.5 Å². The number of hydrogen-bond acceptors (Lipinski definition) is 4. The molecule has 1 amide bonds. The van der Waals surface area contributed by atoms with Gasteiger partial charge in [0.25, 0.3) is 0 Å². The van der Waals surface area contributed by atoms with Gasteiger partial charge in [-0.25, -0.2) is 13.2 Å². The standard InChI is InChI=1S/C12H15ClN2O4S/c1-2-19-12(16)14-11-5-4-9(8-10(11)13)15-6-3-7-20(15,17)18/h4-5,8H,2-3,6-7H2,1H3,(H,14,16). The molecule has 110 valence electrons. The van der Waals surface area contributed by atoms with E-state index in [-0.39, 0.29) is 17.4 Å². The number of anilines is 2. The Balaban J connectivity index is 2.20. The highest BCUT2D eigenvalue weighted by molar-refractivity contribution is 7.93. The lowest BCUT2D eigenvalue weighted by Crippen LogP contribution is -2.25. The van der Waals surface area contributed by atoms with Gasteiger partial charge in [-0.2, -0.15) is 0 Å². The van der Waals surface area contributed by atoms with Crippen molar-refractivity contribution in [3.63, 3.8) is 0 Å². The van der Waals surface area contributed by atoms with E-state index in [1.165, 1.54) is 10.4 Å². The summed E-state index contributed by atoms with van der Waals surface area (Å²) < 4.78 is 29.7. The Bertz CT molecular complexity index is 618. The molecule has 0 saturated carbocycles. The van der Waals surface area contributed by atoms with Gasteiger partial charge in [0.1, 0.15) is 0 Å². The first-order valence-electron chi connectivity index (χ1n) is 6.18. The first kappa shape index (κ1) is 14.9. The van der Waals surface area contributed by atoms with E-state index in [2.05, 4.69) is 5.32 Å². The highest BCUT2D eigenvalue weighted by Gasteiger charge is 2.28. The van der Waals surface area contributed by atoms with Crippen molar-refractivity contribution in [1.82, 2.24) is 0 Å². The molecule has 0 atom stereocenters. The number of halogens is 1. The van der Waals surface area contributed by atoms with Gasteiger partial charge in [-0.3, -0.25) is 9.62 Å². The van der Waals surface area contributed by atoms with Crippen LogP contribution in [0.1, 0.15) is 13.3 Å². The molecule has 0 bridgehead atoms. The van der Waals surface area contributed by atoms with E-state index in [1.54, 1.807) is 19.1 Å². The van der Waals surface area contributed by atoms with Crippen LogP contribution in [0.4, 0.5) is 16.2 Å². The molecular weight excluding hydrogens is 304 g/mol. The average molecular weight is 319 g/mol. The van der Waals surface area contributed by atoms with Gasteiger partial charge in [0.2, 0.25) is 10.0 Å². The quantitative estimate of drug-likeness (QED) is 0.928. The topological polar surface area (TPSA) is 75.7 Å². The molecule has 0 spiro atoms. The summed E-state index contributed by atoms with van der Waals surface area (Å²) in [5, 5.41) is 2.75. The number of nitrogens with one attached hydrogen (secondary N) is 1. The molecule has 0 aromatic heterocycles. The van der Waals surface area contributed by atoms with Gasteiger partial charge in [-0.1, -0.05) is 11.6 Å². The number of nitrogens with zero attached hydrogens (tertiary/aromatic N) is 1. The lowest BCUT2D eigenvalue weighted by molar-refractivity contribution is 0.168. The molecule has 1 aliphatic heterocycles. The lowest BCUT2D eigenvalue weighted by atomic mass is 10.2.